The van der Waals surface area contributed by atoms with E-state index in [0.717, 1.165) is 12.8 Å². The average molecular weight is 308 g/mol. The van der Waals surface area contributed by atoms with Crippen LogP contribution in [-0.2, 0) is 4.79 Å². The lowest BCUT2D eigenvalue weighted by molar-refractivity contribution is -0.131. The van der Waals surface area contributed by atoms with Gasteiger partial charge in [0.2, 0.25) is 5.91 Å². The van der Waals surface area contributed by atoms with Gasteiger partial charge < -0.3 is 5.32 Å². The molecule has 0 bridgehead atoms. The molecule has 6 heteroatoms. The van der Waals surface area contributed by atoms with Gasteiger partial charge >= 0.3 is 0 Å². The highest BCUT2D eigenvalue weighted by Crippen LogP contribution is 2.31. The van der Waals surface area contributed by atoms with Crippen LogP contribution in [0.25, 0.3) is 0 Å². The highest BCUT2D eigenvalue weighted by Gasteiger charge is 2.34. The first-order valence-corrected chi connectivity index (χ1v) is 5.85. The monoisotopic (exact) mass is 308 g/mol. The van der Waals surface area contributed by atoms with E-state index in [-0.39, 0.29) is 15.9 Å². The standard InChI is InChI=1S/C8H13IN4O/c9-6-3-7(12-4-11-6)13(10)8(14)5-1-2-5/h3,5-6,11-12H,1-2,4,10H2. The van der Waals surface area contributed by atoms with Crippen LogP contribution in [0.3, 0.4) is 0 Å². The molecule has 1 fully saturated rings. The minimum absolute atomic E-state index is 0.0225. The second-order valence-electron chi connectivity index (χ2n) is 3.49. The molecule has 1 heterocycles. The van der Waals surface area contributed by atoms with E-state index in [0.29, 0.717) is 12.5 Å². The molecule has 1 aliphatic heterocycles. The first-order chi connectivity index (χ1) is 6.68. The van der Waals surface area contributed by atoms with Crippen molar-refractivity contribution < 1.29 is 4.79 Å². The predicted molar refractivity (Wildman–Crippen MR) is 60.8 cm³/mol. The number of hydrogen-bond acceptors (Lipinski definition) is 4. The number of halogens is 1. The Morgan fingerprint density at radius 3 is 2.93 bits per heavy atom. The predicted octanol–water partition coefficient (Wildman–Crippen LogP) is -0.149. The van der Waals surface area contributed by atoms with Crippen LogP contribution < -0.4 is 16.5 Å². The number of rotatable bonds is 2. The summed E-state index contributed by atoms with van der Waals surface area (Å²) in [6.07, 6.45) is 3.86. The number of amides is 1. The quantitative estimate of drug-likeness (QED) is 0.166. The largest absolute Gasteiger partial charge is 0.358 e. The molecule has 0 radical (unpaired) electrons. The van der Waals surface area contributed by atoms with Crippen molar-refractivity contribution in [3.63, 3.8) is 0 Å². The minimum atomic E-state index is 0.0225. The summed E-state index contributed by atoms with van der Waals surface area (Å²) in [4.78, 5) is 11.6. The van der Waals surface area contributed by atoms with Gasteiger partial charge in [0, 0.05) is 5.92 Å². The Balaban J connectivity index is 2.02. The first-order valence-electron chi connectivity index (χ1n) is 4.60. The summed E-state index contributed by atoms with van der Waals surface area (Å²) >= 11 is 2.24. The zero-order valence-electron chi connectivity index (χ0n) is 7.66. The molecule has 4 N–H and O–H groups in total. The zero-order chi connectivity index (χ0) is 10.1. The highest BCUT2D eigenvalue weighted by atomic mass is 127. The second kappa shape index (κ2) is 4.03. The molecule has 0 spiro atoms. The molecular weight excluding hydrogens is 295 g/mol. The third-order valence-electron chi connectivity index (χ3n) is 2.29. The molecule has 1 unspecified atom stereocenters. The molecule has 2 rings (SSSR count). The van der Waals surface area contributed by atoms with Crippen LogP contribution in [0.4, 0.5) is 0 Å². The normalized spacial score (nSPS) is 26.4. The van der Waals surface area contributed by atoms with Crippen LogP contribution >= 0.6 is 22.6 Å². The number of nitrogens with two attached hydrogens (primary N) is 1. The number of carbonyl (C=O) groups excluding carboxylic acids is 1. The fourth-order valence-electron chi connectivity index (χ4n) is 1.31. The fraction of sp³-hybridized carbons (Fsp3) is 0.625. The van der Waals surface area contributed by atoms with Crippen LogP contribution in [0.5, 0.6) is 0 Å². The van der Waals surface area contributed by atoms with Crippen LogP contribution in [0, 0.1) is 5.92 Å². The molecule has 2 aliphatic rings. The van der Waals surface area contributed by atoms with Crippen molar-refractivity contribution in [2.75, 3.05) is 6.67 Å². The van der Waals surface area contributed by atoms with Gasteiger partial charge in [0.05, 0.1) is 10.7 Å². The maximum atomic E-state index is 11.6. The number of nitrogens with one attached hydrogen (secondary N) is 2. The molecule has 1 amide bonds. The molecule has 78 valence electrons. The van der Waals surface area contributed by atoms with Gasteiger partial charge in [-0.3, -0.25) is 10.1 Å². The van der Waals surface area contributed by atoms with Crippen LogP contribution in [0.15, 0.2) is 11.9 Å². The molecule has 1 atom stereocenters. The van der Waals surface area contributed by atoms with Gasteiger partial charge in [-0.2, -0.15) is 0 Å². The number of hydrazine groups is 1. The van der Waals surface area contributed by atoms with E-state index < -0.39 is 0 Å². The van der Waals surface area contributed by atoms with Gasteiger partial charge in [-0.15, -0.1) is 0 Å². The van der Waals surface area contributed by atoms with Crippen molar-refractivity contribution in [2.45, 2.75) is 16.9 Å². The summed E-state index contributed by atoms with van der Waals surface area (Å²) in [5.41, 5.74) is 0. The number of alkyl halides is 1. The summed E-state index contributed by atoms with van der Waals surface area (Å²) in [6.45, 7) is 0.644. The topological polar surface area (TPSA) is 70.4 Å². The van der Waals surface area contributed by atoms with E-state index in [4.69, 9.17) is 5.84 Å². The van der Waals surface area contributed by atoms with Crippen molar-refractivity contribution in [1.29, 1.82) is 0 Å². The Morgan fingerprint density at radius 2 is 2.36 bits per heavy atom. The van der Waals surface area contributed by atoms with Gasteiger partial charge in [0.15, 0.2) is 0 Å². The molecule has 14 heavy (non-hydrogen) atoms. The lowest BCUT2D eigenvalue weighted by Gasteiger charge is -2.26. The summed E-state index contributed by atoms with van der Waals surface area (Å²) < 4.78 is 0.224. The van der Waals surface area contributed by atoms with Gasteiger partial charge in [-0.25, -0.2) is 10.9 Å². The lowest BCUT2D eigenvalue weighted by Crippen LogP contribution is -2.49. The second-order valence-corrected chi connectivity index (χ2v) is 4.84. The molecule has 0 aromatic heterocycles. The number of hydrogen-bond donors (Lipinski definition) is 3. The third-order valence-corrected chi connectivity index (χ3v) is 3.09. The van der Waals surface area contributed by atoms with E-state index in [1.807, 2.05) is 6.08 Å². The minimum Gasteiger partial charge on any atom is -0.358 e. The van der Waals surface area contributed by atoms with E-state index in [9.17, 15) is 4.79 Å². The van der Waals surface area contributed by atoms with Crippen LogP contribution in [0.1, 0.15) is 12.8 Å². The van der Waals surface area contributed by atoms with Crippen molar-refractivity contribution >= 4 is 28.5 Å². The fourth-order valence-corrected chi connectivity index (χ4v) is 1.87. The van der Waals surface area contributed by atoms with E-state index >= 15 is 0 Å². The summed E-state index contributed by atoms with van der Waals surface area (Å²) in [5.74, 6) is 6.61. The van der Waals surface area contributed by atoms with Gasteiger partial charge in [0.25, 0.3) is 0 Å². The van der Waals surface area contributed by atoms with Gasteiger partial charge in [-0.1, -0.05) is 22.6 Å². The molecule has 1 aliphatic carbocycles. The van der Waals surface area contributed by atoms with E-state index in [2.05, 4.69) is 33.2 Å². The molecule has 0 aromatic carbocycles. The van der Waals surface area contributed by atoms with Crippen molar-refractivity contribution in [3.8, 4) is 0 Å². The zero-order valence-corrected chi connectivity index (χ0v) is 9.82. The Labute approximate surface area is 96.2 Å². The van der Waals surface area contributed by atoms with Gasteiger partial charge in [-0.05, 0) is 18.9 Å². The highest BCUT2D eigenvalue weighted by molar-refractivity contribution is 14.1. The Hall–Kier alpha value is -0.340. The maximum Gasteiger partial charge on any atom is 0.245 e. The summed E-state index contributed by atoms with van der Waals surface area (Å²) in [5, 5.41) is 7.43. The third kappa shape index (κ3) is 2.18. The number of carbonyl (C=O) groups is 1. The summed E-state index contributed by atoms with van der Waals surface area (Å²) in [7, 11) is 0. The first kappa shape index (κ1) is 10.2. The average Bonchev–Trinajstić information content (AvgIpc) is 2.99. The van der Waals surface area contributed by atoms with Crippen molar-refractivity contribution in [1.82, 2.24) is 15.6 Å². The Morgan fingerprint density at radius 1 is 1.64 bits per heavy atom. The van der Waals surface area contributed by atoms with Crippen LogP contribution in [0.2, 0.25) is 0 Å². The van der Waals surface area contributed by atoms with Crippen LogP contribution in [-0.4, -0.2) is 21.6 Å². The molecule has 5 nitrogen and oxygen atoms in total. The maximum absolute atomic E-state index is 11.6. The summed E-state index contributed by atoms with van der Waals surface area (Å²) in [6, 6.07) is 0. The Bertz CT molecular complexity index is 277. The number of nitrogens with zero attached hydrogens (tertiary/aromatic N) is 1. The molecule has 1 saturated carbocycles. The smallest absolute Gasteiger partial charge is 0.245 e. The van der Waals surface area contributed by atoms with E-state index in [1.54, 1.807) is 0 Å². The van der Waals surface area contributed by atoms with Gasteiger partial charge in [0.1, 0.15) is 5.82 Å². The molecule has 0 saturated heterocycles. The molecular formula is C8H13IN4O. The van der Waals surface area contributed by atoms with Crippen molar-refractivity contribution in [3.05, 3.63) is 11.9 Å². The SMILES string of the molecule is NN(C(=O)C1CC1)C1=CC(I)NCN1. The Kier molecular flexibility index (Phi) is 2.93. The van der Waals surface area contributed by atoms with E-state index in [1.165, 1.54) is 5.01 Å². The molecule has 0 aromatic rings. The van der Waals surface area contributed by atoms with Crippen molar-refractivity contribution in [2.24, 2.45) is 11.8 Å². The lowest BCUT2D eigenvalue weighted by atomic mass is 10.3.